The monoisotopic (exact) mass is 724 g/mol. The van der Waals surface area contributed by atoms with Gasteiger partial charge in [0.25, 0.3) is 0 Å². The minimum Gasteiger partial charge on any atom is -0.380 e. The molecular formula is C40H73N3O8. The van der Waals surface area contributed by atoms with Gasteiger partial charge in [-0.15, -0.1) is 0 Å². The van der Waals surface area contributed by atoms with E-state index in [9.17, 15) is 24.0 Å². The standard InChI is InChI=1S/C40H73N3O8/c1-30(37(5,6)7)14-20-41-33(46)17-23-49-27-40(26-36(2,3)4,28-50-24-18-34(47)42-21-15-31(44)38(8,9)10)29-51-25-19-35(48)43-22-16-32(45)39(11,12)13/h1,14-29H2,2-13H3,(H,41,46)(H,42,47)(H,43,48). The molecule has 0 unspecified atom stereocenters. The molecule has 0 aliphatic carbocycles. The summed E-state index contributed by atoms with van der Waals surface area (Å²) in [5.74, 6) is -0.321. The van der Waals surface area contributed by atoms with Crippen molar-refractivity contribution >= 4 is 29.3 Å². The summed E-state index contributed by atoms with van der Waals surface area (Å²) in [4.78, 5) is 61.8. The molecule has 0 aliphatic rings. The Morgan fingerprint density at radius 2 is 0.784 bits per heavy atom. The van der Waals surface area contributed by atoms with Gasteiger partial charge in [-0.05, 0) is 23.7 Å². The van der Waals surface area contributed by atoms with E-state index in [2.05, 4.69) is 64.1 Å². The van der Waals surface area contributed by atoms with Crippen molar-refractivity contribution in [2.75, 3.05) is 59.3 Å². The van der Waals surface area contributed by atoms with E-state index in [1.807, 2.05) is 41.5 Å². The van der Waals surface area contributed by atoms with Gasteiger partial charge < -0.3 is 30.2 Å². The Morgan fingerprint density at radius 1 is 0.471 bits per heavy atom. The predicted molar refractivity (Wildman–Crippen MR) is 203 cm³/mol. The van der Waals surface area contributed by atoms with Crippen molar-refractivity contribution in [2.45, 2.75) is 128 Å². The number of ether oxygens (including phenoxy) is 3. The quantitative estimate of drug-likeness (QED) is 0.0770. The van der Waals surface area contributed by atoms with Gasteiger partial charge in [0.05, 0.1) is 39.6 Å². The second-order valence-corrected chi connectivity index (χ2v) is 18.1. The molecule has 51 heavy (non-hydrogen) atoms. The molecule has 0 bridgehead atoms. The lowest BCUT2D eigenvalue weighted by atomic mass is 9.75. The summed E-state index contributed by atoms with van der Waals surface area (Å²) >= 11 is 0. The third-order valence-electron chi connectivity index (χ3n) is 8.38. The van der Waals surface area contributed by atoms with Gasteiger partial charge in [0, 0.05) is 68.0 Å². The van der Waals surface area contributed by atoms with Gasteiger partial charge in [-0.2, -0.15) is 0 Å². The second kappa shape index (κ2) is 22.4. The number of rotatable bonds is 25. The molecule has 3 N–H and O–H groups in total. The van der Waals surface area contributed by atoms with Crippen molar-refractivity contribution in [3.8, 4) is 0 Å². The molecule has 11 heteroatoms. The van der Waals surface area contributed by atoms with Gasteiger partial charge in [-0.1, -0.05) is 95.2 Å². The van der Waals surface area contributed by atoms with E-state index in [1.54, 1.807) is 0 Å². The number of carbonyl (C=O) groups excluding carboxylic acids is 5. The van der Waals surface area contributed by atoms with E-state index in [0.717, 1.165) is 5.57 Å². The van der Waals surface area contributed by atoms with Gasteiger partial charge in [0.15, 0.2) is 0 Å². The molecule has 0 aliphatic heterocycles. The zero-order valence-electron chi connectivity index (χ0n) is 34.3. The molecule has 0 fully saturated rings. The van der Waals surface area contributed by atoms with E-state index < -0.39 is 16.2 Å². The number of nitrogens with one attached hydrogen (secondary N) is 3. The van der Waals surface area contributed by atoms with Crippen LogP contribution in [0.15, 0.2) is 12.2 Å². The van der Waals surface area contributed by atoms with Crippen LogP contribution in [-0.2, 0) is 38.2 Å². The Labute approximate surface area is 309 Å². The van der Waals surface area contributed by atoms with Crippen LogP contribution in [0.3, 0.4) is 0 Å². The number of ketones is 2. The van der Waals surface area contributed by atoms with E-state index in [1.165, 1.54) is 0 Å². The fraction of sp³-hybridized carbons (Fsp3) is 0.825. The normalized spacial score (nSPS) is 12.7. The smallest absolute Gasteiger partial charge is 0.222 e. The van der Waals surface area contributed by atoms with Crippen LogP contribution in [-0.4, -0.2) is 88.6 Å². The van der Waals surface area contributed by atoms with Gasteiger partial charge in [-0.25, -0.2) is 0 Å². The molecule has 0 saturated heterocycles. The first-order valence-corrected chi connectivity index (χ1v) is 18.6. The molecule has 296 valence electrons. The second-order valence-electron chi connectivity index (χ2n) is 18.1. The molecule has 0 aromatic carbocycles. The van der Waals surface area contributed by atoms with E-state index in [-0.39, 0.29) is 125 Å². The van der Waals surface area contributed by atoms with Crippen molar-refractivity contribution in [3.63, 3.8) is 0 Å². The Kier molecular flexibility index (Phi) is 21.3. The van der Waals surface area contributed by atoms with Crippen molar-refractivity contribution in [2.24, 2.45) is 27.1 Å². The molecule has 0 radical (unpaired) electrons. The highest BCUT2D eigenvalue weighted by molar-refractivity contribution is 5.85. The van der Waals surface area contributed by atoms with Crippen LogP contribution in [0.5, 0.6) is 0 Å². The first kappa shape index (κ1) is 48.4. The molecule has 0 atom stereocenters. The lowest BCUT2D eigenvalue weighted by Gasteiger charge is -2.38. The fourth-order valence-electron chi connectivity index (χ4n) is 5.14. The molecule has 0 spiro atoms. The summed E-state index contributed by atoms with van der Waals surface area (Å²) < 4.78 is 18.2. The summed E-state index contributed by atoms with van der Waals surface area (Å²) in [6.07, 6.45) is 2.38. The number of amides is 3. The van der Waals surface area contributed by atoms with Gasteiger partial charge in [-0.3, -0.25) is 24.0 Å². The molecular weight excluding hydrogens is 650 g/mol. The minimum absolute atomic E-state index is 0.0129. The van der Waals surface area contributed by atoms with Gasteiger partial charge >= 0.3 is 0 Å². The van der Waals surface area contributed by atoms with E-state index >= 15 is 0 Å². The largest absolute Gasteiger partial charge is 0.380 e. The van der Waals surface area contributed by atoms with Crippen LogP contribution in [0.25, 0.3) is 0 Å². The molecule has 0 aromatic heterocycles. The van der Waals surface area contributed by atoms with Crippen LogP contribution >= 0.6 is 0 Å². The number of Topliss-reactive ketones (excluding diaryl/α,β-unsaturated/α-hetero) is 2. The van der Waals surface area contributed by atoms with Gasteiger partial charge in [0.2, 0.25) is 17.7 Å². The molecule has 0 rings (SSSR count). The summed E-state index contributed by atoms with van der Waals surface area (Å²) in [6, 6.07) is 0. The zero-order valence-corrected chi connectivity index (χ0v) is 34.3. The average molecular weight is 724 g/mol. The molecule has 0 aromatic rings. The predicted octanol–water partition coefficient (Wildman–Crippen LogP) is 5.98. The Bertz CT molecular complexity index is 994. The van der Waals surface area contributed by atoms with Crippen LogP contribution in [0, 0.1) is 27.1 Å². The maximum atomic E-state index is 12.5. The van der Waals surface area contributed by atoms with Crippen molar-refractivity contribution in [3.05, 3.63) is 12.2 Å². The number of hydrogen-bond acceptors (Lipinski definition) is 8. The maximum Gasteiger partial charge on any atom is 0.222 e. The topological polar surface area (TPSA) is 149 Å². The van der Waals surface area contributed by atoms with Crippen LogP contribution < -0.4 is 16.0 Å². The first-order valence-electron chi connectivity index (χ1n) is 18.6. The van der Waals surface area contributed by atoms with Crippen molar-refractivity contribution in [1.82, 2.24) is 16.0 Å². The number of carbonyl (C=O) groups is 5. The minimum atomic E-state index is -0.621. The van der Waals surface area contributed by atoms with Crippen LogP contribution in [0.2, 0.25) is 0 Å². The SMILES string of the molecule is C=C(CCNC(=O)CCOCC(COCCC(=O)NCCC(=O)C(C)(C)C)(COCCC(=O)NCCC(=O)C(C)(C)C)CC(C)(C)C)C(C)(C)C. The summed E-state index contributed by atoms with van der Waals surface area (Å²) in [6.45, 7) is 30.3. The number of hydrogen-bond donors (Lipinski definition) is 3. The maximum absolute atomic E-state index is 12.5. The first-order chi connectivity index (χ1) is 23.3. The highest BCUT2D eigenvalue weighted by Gasteiger charge is 2.36. The molecule has 0 saturated carbocycles. The van der Waals surface area contributed by atoms with Gasteiger partial charge in [0.1, 0.15) is 11.6 Å². The molecule has 11 nitrogen and oxygen atoms in total. The lowest BCUT2D eigenvalue weighted by molar-refractivity contribution is -0.127. The fourth-order valence-corrected chi connectivity index (χ4v) is 5.14. The summed E-state index contributed by atoms with van der Waals surface area (Å²) in [5, 5.41) is 8.53. The van der Waals surface area contributed by atoms with Crippen molar-refractivity contribution < 1.29 is 38.2 Å². The highest BCUT2D eigenvalue weighted by atomic mass is 16.5. The van der Waals surface area contributed by atoms with Crippen LogP contribution in [0.4, 0.5) is 0 Å². The van der Waals surface area contributed by atoms with E-state index in [4.69, 9.17) is 14.2 Å². The average Bonchev–Trinajstić information content (AvgIpc) is 2.97. The van der Waals surface area contributed by atoms with Crippen LogP contribution in [0.1, 0.15) is 128 Å². The molecule has 3 amide bonds. The Morgan fingerprint density at radius 3 is 1.06 bits per heavy atom. The Hall–Kier alpha value is -2.63. The molecule has 0 heterocycles. The summed E-state index contributed by atoms with van der Waals surface area (Å²) in [5.41, 5.74) is -0.596. The summed E-state index contributed by atoms with van der Waals surface area (Å²) in [7, 11) is 0. The third kappa shape index (κ3) is 24.3. The zero-order chi connectivity index (χ0) is 39.5. The van der Waals surface area contributed by atoms with Crippen molar-refractivity contribution in [1.29, 1.82) is 0 Å². The Balaban J connectivity index is 5.30. The van der Waals surface area contributed by atoms with E-state index in [0.29, 0.717) is 19.4 Å². The third-order valence-corrected chi connectivity index (χ3v) is 8.38. The lowest BCUT2D eigenvalue weighted by Crippen LogP contribution is -2.41. The highest BCUT2D eigenvalue weighted by Crippen LogP contribution is 2.35.